The number of aromatic amines is 2. The van der Waals surface area contributed by atoms with E-state index in [4.69, 9.17) is 4.98 Å². The first-order chi connectivity index (χ1) is 12.8. The van der Waals surface area contributed by atoms with Crippen molar-refractivity contribution in [3.63, 3.8) is 0 Å². The van der Waals surface area contributed by atoms with Crippen molar-refractivity contribution in [3.8, 4) is 10.4 Å². The molecule has 0 unspecified atom stereocenters. The van der Waals surface area contributed by atoms with Crippen molar-refractivity contribution in [2.75, 3.05) is 13.1 Å². The summed E-state index contributed by atoms with van der Waals surface area (Å²) in [6.45, 7) is 2.90. The second-order valence-electron chi connectivity index (χ2n) is 6.92. The van der Waals surface area contributed by atoms with E-state index >= 15 is 0 Å². The number of fused-ring (bicyclic) bond motifs is 2. The highest BCUT2D eigenvalue weighted by Crippen LogP contribution is 2.35. The van der Waals surface area contributed by atoms with Crippen molar-refractivity contribution >= 4 is 32.5 Å². The van der Waals surface area contributed by atoms with E-state index in [0.29, 0.717) is 4.70 Å². The van der Waals surface area contributed by atoms with Gasteiger partial charge in [0.25, 0.3) is 5.56 Å². The zero-order valence-electron chi connectivity index (χ0n) is 14.4. The van der Waals surface area contributed by atoms with Gasteiger partial charge in [0, 0.05) is 27.5 Å². The van der Waals surface area contributed by atoms with Gasteiger partial charge < -0.3 is 9.97 Å². The number of nitrogens with zero attached hydrogens (tertiary/aromatic N) is 2. The fraction of sp³-hybridized carbons (Fsp3) is 0.300. The Hall–Kier alpha value is -2.44. The molecule has 5 nitrogen and oxygen atoms in total. The van der Waals surface area contributed by atoms with Crippen LogP contribution >= 0.6 is 11.3 Å². The van der Waals surface area contributed by atoms with E-state index in [1.165, 1.54) is 36.0 Å². The maximum absolute atomic E-state index is 12.6. The van der Waals surface area contributed by atoms with E-state index in [2.05, 4.69) is 27.0 Å². The van der Waals surface area contributed by atoms with Crippen molar-refractivity contribution in [2.45, 2.75) is 25.8 Å². The molecule has 0 saturated carbocycles. The summed E-state index contributed by atoms with van der Waals surface area (Å²) in [5, 5.41) is 1.17. The van der Waals surface area contributed by atoms with Crippen LogP contribution in [0.2, 0.25) is 0 Å². The van der Waals surface area contributed by atoms with Gasteiger partial charge in [0.05, 0.1) is 12.1 Å². The maximum atomic E-state index is 12.6. The first-order valence-corrected chi connectivity index (χ1v) is 9.91. The lowest BCUT2D eigenvalue weighted by Gasteiger charge is -2.25. The average molecular weight is 364 g/mol. The Balaban J connectivity index is 1.55. The van der Waals surface area contributed by atoms with Gasteiger partial charge in [-0.2, -0.15) is 0 Å². The minimum atomic E-state index is -0.0295. The molecule has 0 amide bonds. The summed E-state index contributed by atoms with van der Waals surface area (Å²) in [5.41, 5.74) is 3.00. The third-order valence-electron chi connectivity index (χ3n) is 5.11. The van der Waals surface area contributed by atoms with Gasteiger partial charge in [-0.05, 0) is 38.1 Å². The first-order valence-electron chi connectivity index (χ1n) is 9.09. The van der Waals surface area contributed by atoms with Crippen LogP contribution in [0.3, 0.4) is 0 Å². The van der Waals surface area contributed by atoms with Crippen LogP contribution in [-0.2, 0) is 6.54 Å². The predicted octanol–water partition coefficient (Wildman–Crippen LogP) is 4.12. The number of piperidine rings is 1. The maximum Gasteiger partial charge on any atom is 0.268 e. The van der Waals surface area contributed by atoms with E-state index in [1.807, 2.05) is 24.4 Å². The largest absolute Gasteiger partial charge is 0.361 e. The average Bonchev–Trinajstić information content (AvgIpc) is 3.26. The number of hydrogen-bond donors (Lipinski definition) is 2. The molecular formula is C20H20N4OS. The van der Waals surface area contributed by atoms with Crippen molar-refractivity contribution in [1.82, 2.24) is 19.9 Å². The molecule has 0 radical (unpaired) electrons. The molecule has 2 N–H and O–H groups in total. The van der Waals surface area contributed by atoms with Gasteiger partial charge in [0.2, 0.25) is 0 Å². The van der Waals surface area contributed by atoms with E-state index in [0.717, 1.165) is 46.9 Å². The molecule has 3 aromatic heterocycles. The Morgan fingerprint density at radius 1 is 1.15 bits per heavy atom. The standard InChI is InChI=1S/C20H20N4OS/c25-20-19-16(22-18(23-20)12-24-8-4-1-5-9-24)10-17(26-19)14-11-21-15-7-3-2-6-13(14)15/h2-3,6-7,10-11,21H,1,4-5,8-9,12H2,(H,22,23,25). The fourth-order valence-corrected chi connectivity index (χ4v) is 4.82. The van der Waals surface area contributed by atoms with Crippen LogP contribution in [0.5, 0.6) is 0 Å². The number of aromatic nitrogens is 3. The van der Waals surface area contributed by atoms with Gasteiger partial charge in [0.1, 0.15) is 10.5 Å². The number of hydrogen-bond acceptors (Lipinski definition) is 4. The number of thiophene rings is 1. The summed E-state index contributed by atoms with van der Waals surface area (Å²) in [6, 6.07) is 10.3. The minimum absolute atomic E-state index is 0.0295. The molecule has 1 aliphatic rings. The van der Waals surface area contributed by atoms with Gasteiger partial charge in [-0.15, -0.1) is 11.3 Å². The number of rotatable bonds is 3. The SMILES string of the molecule is O=c1[nH]c(CN2CCCCC2)nc2cc(-c3c[nH]c4ccccc34)sc12. The van der Waals surface area contributed by atoms with Gasteiger partial charge in [-0.25, -0.2) is 4.98 Å². The minimum Gasteiger partial charge on any atom is -0.361 e. The van der Waals surface area contributed by atoms with E-state index < -0.39 is 0 Å². The van der Waals surface area contributed by atoms with Crippen LogP contribution in [-0.4, -0.2) is 32.9 Å². The molecule has 5 rings (SSSR count). The number of benzene rings is 1. The van der Waals surface area contributed by atoms with Crippen LogP contribution in [0.15, 0.2) is 41.3 Å². The molecule has 132 valence electrons. The van der Waals surface area contributed by atoms with Crippen LogP contribution in [0, 0.1) is 0 Å². The van der Waals surface area contributed by atoms with Crippen molar-refractivity contribution in [3.05, 3.63) is 52.7 Å². The predicted molar refractivity (Wildman–Crippen MR) is 107 cm³/mol. The molecule has 0 atom stereocenters. The Bertz CT molecular complexity index is 1130. The molecule has 0 spiro atoms. The lowest BCUT2D eigenvalue weighted by atomic mass is 10.1. The molecule has 1 aromatic carbocycles. The summed E-state index contributed by atoms with van der Waals surface area (Å²) in [5.74, 6) is 0.771. The number of H-pyrrole nitrogens is 2. The van der Waals surface area contributed by atoms with Crippen LogP contribution in [0.25, 0.3) is 31.6 Å². The van der Waals surface area contributed by atoms with Crippen molar-refractivity contribution in [1.29, 1.82) is 0 Å². The Kier molecular flexibility index (Phi) is 3.87. The van der Waals surface area contributed by atoms with Gasteiger partial charge in [0.15, 0.2) is 0 Å². The highest BCUT2D eigenvalue weighted by Gasteiger charge is 2.15. The molecule has 0 aliphatic carbocycles. The number of para-hydroxylation sites is 1. The lowest BCUT2D eigenvalue weighted by Crippen LogP contribution is -2.30. The molecule has 26 heavy (non-hydrogen) atoms. The fourth-order valence-electron chi connectivity index (χ4n) is 3.80. The molecule has 0 bridgehead atoms. The highest BCUT2D eigenvalue weighted by molar-refractivity contribution is 7.22. The molecule has 1 fully saturated rings. The summed E-state index contributed by atoms with van der Waals surface area (Å²) in [7, 11) is 0. The quantitative estimate of drug-likeness (QED) is 0.575. The molecule has 4 heterocycles. The normalized spacial score (nSPS) is 15.8. The Labute approximate surface area is 154 Å². The van der Waals surface area contributed by atoms with Gasteiger partial charge in [-0.1, -0.05) is 24.6 Å². The summed E-state index contributed by atoms with van der Waals surface area (Å²) in [4.78, 5) is 27.1. The Morgan fingerprint density at radius 3 is 2.88 bits per heavy atom. The third-order valence-corrected chi connectivity index (χ3v) is 6.27. The van der Waals surface area contributed by atoms with E-state index in [9.17, 15) is 4.79 Å². The van der Waals surface area contributed by atoms with Gasteiger partial charge in [-0.3, -0.25) is 9.69 Å². The molecule has 1 aliphatic heterocycles. The smallest absolute Gasteiger partial charge is 0.268 e. The molecular weight excluding hydrogens is 344 g/mol. The Morgan fingerprint density at radius 2 is 2.00 bits per heavy atom. The second kappa shape index (κ2) is 6.37. The van der Waals surface area contributed by atoms with Crippen LogP contribution < -0.4 is 5.56 Å². The molecule has 1 saturated heterocycles. The number of likely N-dealkylation sites (tertiary alicyclic amines) is 1. The van der Waals surface area contributed by atoms with E-state index in [-0.39, 0.29) is 5.56 Å². The molecule has 6 heteroatoms. The van der Waals surface area contributed by atoms with E-state index in [1.54, 1.807) is 0 Å². The number of nitrogens with one attached hydrogen (secondary N) is 2. The van der Waals surface area contributed by atoms with Crippen molar-refractivity contribution in [2.24, 2.45) is 0 Å². The third kappa shape index (κ3) is 2.75. The highest BCUT2D eigenvalue weighted by atomic mass is 32.1. The summed E-state index contributed by atoms with van der Waals surface area (Å²) < 4.78 is 0.702. The monoisotopic (exact) mass is 364 g/mol. The van der Waals surface area contributed by atoms with Gasteiger partial charge >= 0.3 is 0 Å². The van der Waals surface area contributed by atoms with Crippen LogP contribution in [0.4, 0.5) is 0 Å². The summed E-state index contributed by atoms with van der Waals surface area (Å²) >= 11 is 1.51. The molecule has 4 aromatic rings. The zero-order valence-corrected chi connectivity index (χ0v) is 15.2. The first kappa shape index (κ1) is 15.8. The summed E-state index contributed by atoms with van der Waals surface area (Å²) in [6.07, 6.45) is 5.78. The zero-order chi connectivity index (χ0) is 17.5. The van der Waals surface area contributed by atoms with Crippen molar-refractivity contribution < 1.29 is 0 Å². The second-order valence-corrected chi connectivity index (χ2v) is 7.97. The lowest BCUT2D eigenvalue weighted by molar-refractivity contribution is 0.216. The van der Waals surface area contributed by atoms with Crippen LogP contribution in [0.1, 0.15) is 25.1 Å². The topological polar surface area (TPSA) is 64.8 Å².